The Balaban J connectivity index is 2.13. The van der Waals surface area contributed by atoms with E-state index in [1.54, 1.807) is 19.5 Å². The van der Waals surface area contributed by atoms with Gasteiger partial charge in [0.05, 0.1) is 29.8 Å². The number of aryl methyl sites for hydroxylation is 1. The first-order valence-corrected chi connectivity index (χ1v) is 6.72. The molecule has 110 valence electrons. The topological polar surface area (TPSA) is 99.1 Å². The minimum Gasteiger partial charge on any atom is -0.394 e. The lowest BCUT2D eigenvalue weighted by molar-refractivity contribution is 0.0407. The Bertz CT molecular complexity index is 766. The average molecular weight is 287 g/mol. The number of ether oxygens (including phenoxy) is 1. The van der Waals surface area contributed by atoms with Crippen molar-refractivity contribution in [2.24, 2.45) is 0 Å². The van der Waals surface area contributed by atoms with Gasteiger partial charge in [0, 0.05) is 25.2 Å². The maximum absolute atomic E-state index is 9.23. The first-order valence-electron chi connectivity index (χ1n) is 6.72. The van der Waals surface area contributed by atoms with Crippen LogP contribution in [0.25, 0.3) is 21.9 Å². The Morgan fingerprint density at radius 2 is 2.29 bits per heavy atom. The first-order chi connectivity index (χ1) is 10.3. The molecule has 0 aliphatic rings. The van der Waals surface area contributed by atoms with E-state index in [0.29, 0.717) is 18.8 Å². The van der Waals surface area contributed by atoms with Gasteiger partial charge < -0.3 is 20.1 Å². The van der Waals surface area contributed by atoms with E-state index in [4.69, 9.17) is 10.5 Å². The molecule has 21 heavy (non-hydrogen) atoms. The van der Waals surface area contributed by atoms with Crippen LogP contribution in [0.1, 0.15) is 6.42 Å². The third-order valence-corrected chi connectivity index (χ3v) is 3.68. The Morgan fingerprint density at radius 3 is 3.05 bits per heavy atom. The molecular weight excluding hydrogens is 270 g/mol. The van der Waals surface area contributed by atoms with Crippen LogP contribution >= 0.6 is 0 Å². The van der Waals surface area contributed by atoms with Crippen molar-refractivity contribution in [1.29, 1.82) is 0 Å². The van der Waals surface area contributed by atoms with Crippen LogP contribution in [0.2, 0.25) is 0 Å². The molecule has 0 fully saturated rings. The molecule has 0 bridgehead atoms. The molecule has 3 heterocycles. The summed E-state index contributed by atoms with van der Waals surface area (Å²) in [6.45, 7) is 0.643. The number of aliphatic hydroxyl groups excluding tert-OH is 1. The Hall–Kier alpha value is -2.25. The van der Waals surface area contributed by atoms with Crippen LogP contribution in [0.3, 0.4) is 0 Å². The van der Waals surface area contributed by atoms with E-state index in [1.165, 1.54) is 6.33 Å². The maximum atomic E-state index is 9.23. The first kappa shape index (κ1) is 13.7. The quantitative estimate of drug-likeness (QED) is 0.725. The SMILES string of the molecule is COC(CO)CCn1c2cnccc2c2c(N)ncnc21. The highest BCUT2D eigenvalue weighted by Gasteiger charge is 2.15. The summed E-state index contributed by atoms with van der Waals surface area (Å²) >= 11 is 0. The van der Waals surface area contributed by atoms with Crippen molar-refractivity contribution in [2.45, 2.75) is 19.1 Å². The number of nitrogens with two attached hydrogens (primary N) is 1. The molecule has 3 aromatic heterocycles. The molecule has 0 saturated carbocycles. The summed E-state index contributed by atoms with van der Waals surface area (Å²) in [4.78, 5) is 12.6. The highest BCUT2D eigenvalue weighted by molar-refractivity contribution is 6.10. The van der Waals surface area contributed by atoms with Gasteiger partial charge in [0.25, 0.3) is 0 Å². The lowest BCUT2D eigenvalue weighted by Crippen LogP contribution is -2.18. The number of anilines is 1. The number of fused-ring (bicyclic) bond motifs is 3. The Kier molecular flexibility index (Phi) is 3.68. The zero-order valence-corrected chi connectivity index (χ0v) is 11.7. The van der Waals surface area contributed by atoms with E-state index in [9.17, 15) is 5.11 Å². The van der Waals surface area contributed by atoms with Crippen molar-refractivity contribution in [3.05, 3.63) is 24.8 Å². The van der Waals surface area contributed by atoms with Crippen LogP contribution < -0.4 is 5.73 Å². The van der Waals surface area contributed by atoms with Crippen LogP contribution in [0, 0.1) is 0 Å². The molecule has 3 rings (SSSR count). The minimum absolute atomic E-state index is 0.0109. The molecule has 0 radical (unpaired) electrons. The van der Waals surface area contributed by atoms with Crippen molar-refractivity contribution in [2.75, 3.05) is 19.5 Å². The second kappa shape index (κ2) is 5.63. The predicted molar refractivity (Wildman–Crippen MR) is 79.7 cm³/mol. The molecule has 0 spiro atoms. The molecule has 1 atom stereocenters. The van der Waals surface area contributed by atoms with Crippen LogP contribution in [0.4, 0.5) is 5.82 Å². The van der Waals surface area contributed by atoms with Crippen molar-refractivity contribution < 1.29 is 9.84 Å². The molecule has 0 aromatic carbocycles. The fraction of sp³-hybridized carbons (Fsp3) is 0.357. The van der Waals surface area contributed by atoms with Gasteiger partial charge >= 0.3 is 0 Å². The summed E-state index contributed by atoms with van der Waals surface area (Å²) in [5.41, 5.74) is 7.72. The van der Waals surface area contributed by atoms with E-state index in [2.05, 4.69) is 15.0 Å². The van der Waals surface area contributed by atoms with Crippen molar-refractivity contribution in [1.82, 2.24) is 19.5 Å². The number of nitrogens with zero attached hydrogens (tertiary/aromatic N) is 4. The fourth-order valence-corrected chi connectivity index (χ4v) is 2.56. The molecule has 0 aliphatic heterocycles. The third kappa shape index (κ3) is 2.30. The molecule has 0 saturated heterocycles. The maximum Gasteiger partial charge on any atom is 0.146 e. The van der Waals surface area contributed by atoms with E-state index in [1.807, 2.05) is 10.6 Å². The molecule has 3 aromatic rings. The molecule has 3 N–H and O–H groups in total. The van der Waals surface area contributed by atoms with Gasteiger partial charge in [-0.25, -0.2) is 9.97 Å². The number of nitrogen functional groups attached to an aromatic ring is 1. The van der Waals surface area contributed by atoms with Gasteiger partial charge in [0.15, 0.2) is 0 Å². The van der Waals surface area contributed by atoms with Gasteiger partial charge in [-0.1, -0.05) is 0 Å². The summed E-state index contributed by atoms with van der Waals surface area (Å²) in [6, 6.07) is 1.91. The fourth-order valence-electron chi connectivity index (χ4n) is 2.56. The number of rotatable bonds is 5. The normalized spacial score (nSPS) is 13.0. The highest BCUT2D eigenvalue weighted by atomic mass is 16.5. The Labute approximate surface area is 121 Å². The lowest BCUT2D eigenvalue weighted by atomic mass is 10.2. The highest BCUT2D eigenvalue weighted by Crippen LogP contribution is 2.30. The average Bonchev–Trinajstić information content (AvgIpc) is 2.84. The number of hydrogen-bond donors (Lipinski definition) is 2. The van der Waals surface area contributed by atoms with E-state index in [0.717, 1.165) is 21.9 Å². The number of methoxy groups -OCH3 is 1. The third-order valence-electron chi connectivity index (χ3n) is 3.68. The van der Waals surface area contributed by atoms with Gasteiger partial charge in [-0.05, 0) is 12.5 Å². The minimum atomic E-state index is -0.201. The van der Waals surface area contributed by atoms with E-state index in [-0.39, 0.29) is 12.7 Å². The molecular formula is C14H17N5O2. The van der Waals surface area contributed by atoms with Gasteiger partial charge in [-0.3, -0.25) is 4.98 Å². The van der Waals surface area contributed by atoms with Gasteiger partial charge in [-0.15, -0.1) is 0 Å². The second-order valence-corrected chi connectivity index (χ2v) is 4.83. The monoisotopic (exact) mass is 287 g/mol. The number of aromatic nitrogens is 4. The molecule has 7 heteroatoms. The van der Waals surface area contributed by atoms with Crippen molar-refractivity contribution in [3.8, 4) is 0 Å². The number of hydrogen-bond acceptors (Lipinski definition) is 6. The zero-order valence-electron chi connectivity index (χ0n) is 11.7. The van der Waals surface area contributed by atoms with Crippen LogP contribution in [-0.2, 0) is 11.3 Å². The summed E-state index contributed by atoms with van der Waals surface area (Å²) in [5.74, 6) is 0.459. The van der Waals surface area contributed by atoms with Gasteiger partial charge in [-0.2, -0.15) is 0 Å². The second-order valence-electron chi connectivity index (χ2n) is 4.83. The standard InChI is InChI=1S/C14H17N5O2/c1-21-9(7-20)3-5-19-11-6-16-4-2-10(11)12-13(15)17-8-18-14(12)19/h2,4,6,8-9,20H,3,5,7H2,1H3,(H2,15,17,18). The van der Waals surface area contributed by atoms with Gasteiger partial charge in [0.1, 0.15) is 17.8 Å². The molecule has 0 aliphatic carbocycles. The van der Waals surface area contributed by atoms with Crippen LogP contribution in [0.5, 0.6) is 0 Å². The van der Waals surface area contributed by atoms with Crippen molar-refractivity contribution >= 4 is 27.8 Å². The van der Waals surface area contributed by atoms with Gasteiger partial charge in [0.2, 0.25) is 0 Å². The predicted octanol–water partition coefficient (Wildman–Crippen LogP) is 0.959. The number of pyridine rings is 1. The molecule has 1 unspecified atom stereocenters. The lowest BCUT2D eigenvalue weighted by Gasteiger charge is -2.13. The Morgan fingerprint density at radius 1 is 1.43 bits per heavy atom. The number of aliphatic hydroxyl groups is 1. The molecule has 0 amide bonds. The largest absolute Gasteiger partial charge is 0.394 e. The van der Waals surface area contributed by atoms with Crippen LogP contribution in [0.15, 0.2) is 24.8 Å². The summed E-state index contributed by atoms with van der Waals surface area (Å²) in [7, 11) is 1.59. The zero-order chi connectivity index (χ0) is 14.8. The van der Waals surface area contributed by atoms with Crippen LogP contribution in [-0.4, -0.2) is 44.4 Å². The summed E-state index contributed by atoms with van der Waals surface area (Å²) in [6.07, 6.45) is 5.44. The summed E-state index contributed by atoms with van der Waals surface area (Å²) in [5, 5.41) is 11.1. The molecule has 7 nitrogen and oxygen atoms in total. The summed E-state index contributed by atoms with van der Waals surface area (Å²) < 4.78 is 7.25. The van der Waals surface area contributed by atoms with Crippen molar-refractivity contribution in [3.63, 3.8) is 0 Å². The van der Waals surface area contributed by atoms with E-state index < -0.39 is 0 Å². The smallest absolute Gasteiger partial charge is 0.146 e. The van der Waals surface area contributed by atoms with E-state index >= 15 is 0 Å².